The van der Waals surface area contributed by atoms with Gasteiger partial charge in [0, 0.05) is 35.5 Å². The molecule has 0 aliphatic heterocycles. The van der Waals surface area contributed by atoms with Crippen molar-refractivity contribution in [2.75, 3.05) is 17.7 Å². The fraction of sp³-hybridized carbons (Fsp3) is 0.211. The zero-order valence-electron chi connectivity index (χ0n) is 13.8. The molecule has 1 saturated carbocycles. The van der Waals surface area contributed by atoms with Gasteiger partial charge in [-0.3, -0.25) is 14.4 Å². The van der Waals surface area contributed by atoms with E-state index in [4.69, 9.17) is 0 Å². The lowest BCUT2D eigenvalue weighted by molar-refractivity contribution is -0.117. The summed E-state index contributed by atoms with van der Waals surface area (Å²) in [6.45, 7) is 0. The highest BCUT2D eigenvalue weighted by atomic mass is 16.2. The molecule has 0 radical (unpaired) electrons. The maximum absolute atomic E-state index is 12.4. The van der Waals surface area contributed by atoms with E-state index in [-0.39, 0.29) is 23.6 Å². The normalized spacial score (nSPS) is 13.0. The highest BCUT2D eigenvalue weighted by molar-refractivity contribution is 6.05. The molecule has 0 heterocycles. The lowest BCUT2D eigenvalue weighted by atomic mass is 10.1. The molecule has 25 heavy (non-hydrogen) atoms. The lowest BCUT2D eigenvalue weighted by Gasteiger charge is -2.09. The minimum absolute atomic E-state index is 0.00217. The first-order valence-electron chi connectivity index (χ1n) is 8.11. The van der Waals surface area contributed by atoms with Crippen LogP contribution in [0.2, 0.25) is 0 Å². The molecule has 3 N–H and O–H groups in total. The van der Waals surface area contributed by atoms with Crippen LogP contribution in [0, 0.1) is 5.92 Å². The second-order valence-electron chi connectivity index (χ2n) is 5.95. The Bertz CT molecular complexity index is 811. The molecule has 128 valence electrons. The molecule has 1 fully saturated rings. The van der Waals surface area contributed by atoms with Gasteiger partial charge in [-0.05, 0) is 55.3 Å². The van der Waals surface area contributed by atoms with Crippen LogP contribution < -0.4 is 16.0 Å². The Hall–Kier alpha value is -3.15. The van der Waals surface area contributed by atoms with Gasteiger partial charge in [-0.2, -0.15) is 0 Å². The van der Waals surface area contributed by atoms with Gasteiger partial charge in [0.2, 0.25) is 5.91 Å². The van der Waals surface area contributed by atoms with E-state index < -0.39 is 0 Å². The number of hydrogen-bond donors (Lipinski definition) is 3. The zero-order valence-corrected chi connectivity index (χ0v) is 13.8. The molecule has 3 amide bonds. The predicted molar refractivity (Wildman–Crippen MR) is 95.6 cm³/mol. The Morgan fingerprint density at radius 3 is 2.20 bits per heavy atom. The second-order valence-corrected chi connectivity index (χ2v) is 5.95. The Morgan fingerprint density at radius 1 is 0.840 bits per heavy atom. The van der Waals surface area contributed by atoms with Gasteiger partial charge < -0.3 is 16.0 Å². The Morgan fingerprint density at radius 2 is 1.56 bits per heavy atom. The van der Waals surface area contributed by atoms with Gasteiger partial charge in [-0.15, -0.1) is 0 Å². The van der Waals surface area contributed by atoms with Crippen LogP contribution in [0.5, 0.6) is 0 Å². The Kier molecular flexibility index (Phi) is 4.79. The van der Waals surface area contributed by atoms with E-state index in [1.54, 1.807) is 55.6 Å². The molecule has 0 unspecified atom stereocenters. The molecule has 1 aliphatic carbocycles. The maximum Gasteiger partial charge on any atom is 0.255 e. The molecule has 0 aromatic heterocycles. The molecule has 3 rings (SSSR count). The summed E-state index contributed by atoms with van der Waals surface area (Å²) in [6, 6.07) is 13.4. The number of hydrogen-bond acceptors (Lipinski definition) is 3. The zero-order chi connectivity index (χ0) is 17.8. The molecule has 2 aromatic carbocycles. The van der Waals surface area contributed by atoms with Gasteiger partial charge in [0.15, 0.2) is 0 Å². The fourth-order valence-corrected chi connectivity index (χ4v) is 2.38. The fourth-order valence-electron chi connectivity index (χ4n) is 2.38. The molecule has 2 aromatic rings. The first-order chi connectivity index (χ1) is 12.1. The van der Waals surface area contributed by atoms with E-state index >= 15 is 0 Å². The first kappa shape index (κ1) is 16.7. The number of rotatable bonds is 5. The van der Waals surface area contributed by atoms with Crippen molar-refractivity contribution in [1.29, 1.82) is 0 Å². The summed E-state index contributed by atoms with van der Waals surface area (Å²) < 4.78 is 0. The van der Waals surface area contributed by atoms with Gasteiger partial charge in [-0.25, -0.2) is 0 Å². The van der Waals surface area contributed by atoms with Crippen molar-refractivity contribution in [2.24, 2.45) is 5.92 Å². The van der Waals surface area contributed by atoms with Crippen LogP contribution in [0.25, 0.3) is 0 Å². The van der Waals surface area contributed by atoms with Crippen LogP contribution in [0.1, 0.15) is 33.6 Å². The monoisotopic (exact) mass is 337 g/mol. The van der Waals surface area contributed by atoms with Crippen molar-refractivity contribution in [3.63, 3.8) is 0 Å². The molecule has 1 aliphatic rings. The maximum atomic E-state index is 12.4. The largest absolute Gasteiger partial charge is 0.355 e. The molecule has 0 spiro atoms. The molecular weight excluding hydrogens is 318 g/mol. The van der Waals surface area contributed by atoms with Crippen molar-refractivity contribution >= 4 is 29.1 Å². The minimum atomic E-state index is -0.282. The lowest BCUT2D eigenvalue weighted by Crippen LogP contribution is -2.18. The van der Waals surface area contributed by atoms with Crippen molar-refractivity contribution in [3.8, 4) is 0 Å². The number of amides is 3. The average molecular weight is 337 g/mol. The van der Waals surface area contributed by atoms with Crippen LogP contribution in [-0.4, -0.2) is 24.8 Å². The Balaban J connectivity index is 1.66. The molecule has 6 nitrogen and oxygen atoms in total. The standard InChI is InChI=1S/C19H19N3O3/c1-20-17(23)12-7-9-15(10-8-12)21-19(25)14-3-2-4-16(11-14)22-18(24)13-5-6-13/h2-4,7-11,13H,5-6H2,1H3,(H,20,23)(H,21,25)(H,22,24). The summed E-state index contributed by atoms with van der Waals surface area (Å²) in [4.78, 5) is 35.7. The van der Waals surface area contributed by atoms with Gasteiger partial charge in [-0.1, -0.05) is 6.07 Å². The third-order valence-corrected chi connectivity index (χ3v) is 3.97. The number of nitrogens with one attached hydrogen (secondary N) is 3. The van der Waals surface area contributed by atoms with Crippen LogP contribution >= 0.6 is 0 Å². The molecule has 0 bridgehead atoms. The second kappa shape index (κ2) is 7.17. The van der Waals surface area contributed by atoms with E-state index in [0.717, 1.165) is 12.8 Å². The van der Waals surface area contributed by atoms with E-state index in [1.807, 2.05) is 0 Å². The summed E-state index contributed by atoms with van der Waals surface area (Å²) in [5.41, 5.74) is 2.17. The number of carbonyl (C=O) groups excluding carboxylic acids is 3. The first-order valence-corrected chi connectivity index (χ1v) is 8.11. The van der Waals surface area contributed by atoms with E-state index in [9.17, 15) is 14.4 Å². The average Bonchev–Trinajstić information content (AvgIpc) is 3.47. The smallest absolute Gasteiger partial charge is 0.255 e. The van der Waals surface area contributed by atoms with Crippen molar-refractivity contribution in [3.05, 3.63) is 59.7 Å². The molecule has 0 saturated heterocycles. The van der Waals surface area contributed by atoms with Crippen molar-refractivity contribution < 1.29 is 14.4 Å². The van der Waals surface area contributed by atoms with Crippen LogP contribution in [0.15, 0.2) is 48.5 Å². The van der Waals surface area contributed by atoms with E-state index in [1.165, 1.54) is 0 Å². The summed E-state index contributed by atoms with van der Waals surface area (Å²) in [7, 11) is 1.56. The van der Waals surface area contributed by atoms with Crippen LogP contribution in [0.3, 0.4) is 0 Å². The van der Waals surface area contributed by atoms with Gasteiger partial charge in [0.25, 0.3) is 11.8 Å². The topological polar surface area (TPSA) is 87.3 Å². The Labute approximate surface area is 145 Å². The predicted octanol–water partition coefficient (Wildman–Crippen LogP) is 2.65. The number of benzene rings is 2. The van der Waals surface area contributed by atoms with E-state index in [0.29, 0.717) is 22.5 Å². The minimum Gasteiger partial charge on any atom is -0.355 e. The van der Waals surface area contributed by atoms with Crippen LogP contribution in [-0.2, 0) is 4.79 Å². The van der Waals surface area contributed by atoms with E-state index in [2.05, 4.69) is 16.0 Å². The van der Waals surface area contributed by atoms with Gasteiger partial charge in [0.05, 0.1) is 0 Å². The molecular formula is C19H19N3O3. The van der Waals surface area contributed by atoms with Crippen LogP contribution in [0.4, 0.5) is 11.4 Å². The van der Waals surface area contributed by atoms with Gasteiger partial charge >= 0.3 is 0 Å². The SMILES string of the molecule is CNC(=O)c1ccc(NC(=O)c2cccc(NC(=O)C3CC3)c2)cc1. The highest BCUT2D eigenvalue weighted by Crippen LogP contribution is 2.30. The number of carbonyl (C=O) groups is 3. The molecule has 0 atom stereocenters. The summed E-state index contributed by atoms with van der Waals surface area (Å²) >= 11 is 0. The van der Waals surface area contributed by atoms with Crippen molar-refractivity contribution in [2.45, 2.75) is 12.8 Å². The summed E-state index contributed by atoms with van der Waals surface area (Å²) in [5, 5.41) is 8.14. The third kappa shape index (κ3) is 4.23. The number of anilines is 2. The summed E-state index contributed by atoms with van der Waals surface area (Å²) in [6.07, 6.45) is 1.86. The quantitative estimate of drug-likeness (QED) is 0.784. The van der Waals surface area contributed by atoms with Gasteiger partial charge in [0.1, 0.15) is 0 Å². The third-order valence-electron chi connectivity index (χ3n) is 3.97. The molecule has 6 heteroatoms. The highest BCUT2D eigenvalue weighted by Gasteiger charge is 2.29. The summed E-state index contributed by atoms with van der Waals surface area (Å²) in [5.74, 6) is -0.356. The van der Waals surface area contributed by atoms with Crippen molar-refractivity contribution in [1.82, 2.24) is 5.32 Å².